The molecule has 3 heteroatoms. The van der Waals surface area contributed by atoms with Crippen molar-refractivity contribution >= 4 is 5.91 Å². The summed E-state index contributed by atoms with van der Waals surface area (Å²) in [5.41, 5.74) is 0. The van der Waals surface area contributed by atoms with E-state index in [1.54, 1.807) is 4.90 Å². The second-order valence-electron chi connectivity index (χ2n) is 3.50. The molecule has 2 aliphatic rings. The Balaban J connectivity index is 1.89. The molecule has 1 unspecified atom stereocenters. The van der Waals surface area contributed by atoms with Crippen LogP contribution in [0.3, 0.4) is 0 Å². The summed E-state index contributed by atoms with van der Waals surface area (Å²) in [6.45, 7) is 1.33. The van der Waals surface area contributed by atoms with Crippen LogP contribution in [0.25, 0.3) is 0 Å². The average molecular weight is 155 g/mol. The van der Waals surface area contributed by atoms with E-state index in [2.05, 4.69) is 0 Å². The van der Waals surface area contributed by atoms with E-state index in [9.17, 15) is 4.79 Å². The zero-order chi connectivity index (χ0) is 7.84. The Labute approximate surface area is 66.0 Å². The minimum atomic E-state index is -0.266. The number of carbonyl (C=O) groups excluding carboxylic acids is 1. The molecule has 1 aliphatic carbocycles. The predicted octanol–water partition coefficient (Wildman–Crippen LogP) is -0.0104. The molecular formula is C8H13NO2. The lowest BCUT2D eigenvalue weighted by atomic mass is 10.3. The Bertz CT molecular complexity index is 177. The van der Waals surface area contributed by atoms with Crippen molar-refractivity contribution in [3.8, 4) is 0 Å². The van der Waals surface area contributed by atoms with Gasteiger partial charge in [-0.15, -0.1) is 0 Å². The normalized spacial score (nSPS) is 31.0. The molecule has 1 heterocycles. The topological polar surface area (TPSA) is 40.5 Å². The molecule has 1 amide bonds. The quantitative estimate of drug-likeness (QED) is 0.578. The molecular weight excluding hydrogens is 142 g/mol. The smallest absolute Gasteiger partial charge is 0.225 e. The van der Waals surface area contributed by atoms with Gasteiger partial charge in [0.1, 0.15) is 0 Å². The Kier molecular flexibility index (Phi) is 1.60. The second-order valence-corrected chi connectivity index (χ2v) is 3.50. The first-order valence-corrected chi connectivity index (χ1v) is 4.24. The molecule has 11 heavy (non-hydrogen) atoms. The van der Waals surface area contributed by atoms with E-state index in [4.69, 9.17) is 5.11 Å². The lowest BCUT2D eigenvalue weighted by Gasteiger charge is -2.14. The molecule has 62 valence electrons. The van der Waals surface area contributed by atoms with Crippen molar-refractivity contribution in [2.75, 3.05) is 13.1 Å². The first-order chi connectivity index (χ1) is 5.27. The van der Waals surface area contributed by atoms with E-state index in [0.29, 0.717) is 12.5 Å². The van der Waals surface area contributed by atoms with Crippen molar-refractivity contribution in [1.29, 1.82) is 0 Å². The maximum atomic E-state index is 11.4. The van der Waals surface area contributed by atoms with Crippen LogP contribution in [-0.2, 0) is 4.79 Å². The number of aliphatic hydroxyl groups excluding tert-OH is 1. The standard InChI is InChI=1S/C8H13NO2/c10-7-3-4-9(5-7)8(11)6-1-2-6/h6-7,10H,1-5H2. The molecule has 1 saturated heterocycles. The number of hydrogen-bond acceptors (Lipinski definition) is 2. The summed E-state index contributed by atoms with van der Waals surface area (Å²) in [5, 5.41) is 9.16. The summed E-state index contributed by atoms with van der Waals surface area (Å²) in [7, 11) is 0. The number of carbonyl (C=O) groups is 1. The highest BCUT2D eigenvalue weighted by atomic mass is 16.3. The van der Waals surface area contributed by atoms with Gasteiger partial charge < -0.3 is 10.0 Å². The summed E-state index contributed by atoms with van der Waals surface area (Å²) in [6.07, 6.45) is 2.62. The van der Waals surface area contributed by atoms with Gasteiger partial charge in [-0.1, -0.05) is 0 Å². The number of rotatable bonds is 1. The van der Waals surface area contributed by atoms with Gasteiger partial charge in [-0.2, -0.15) is 0 Å². The summed E-state index contributed by atoms with van der Waals surface area (Å²) in [6, 6.07) is 0. The highest BCUT2D eigenvalue weighted by molar-refractivity contribution is 5.81. The molecule has 2 fully saturated rings. The first kappa shape index (κ1) is 7.10. The number of hydrogen-bond donors (Lipinski definition) is 1. The fraction of sp³-hybridized carbons (Fsp3) is 0.875. The van der Waals surface area contributed by atoms with E-state index < -0.39 is 0 Å². The molecule has 0 aromatic rings. The summed E-state index contributed by atoms with van der Waals surface area (Å²) < 4.78 is 0. The van der Waals surface area contributed by atoms with Crippen LogP contribution in [0.1, 0.15) is 19.3 Å². The van der Waals surface area contributed by atoms with E-state index in [1.165, 1.54) is 0 Å². The lowest BCUT2D eigenvalue weighted by molar-refractivity contribution is -0.131. The fourth-order valence-corrected chi connectivity index (χ4v) is 1.53. The van der Waals surface area contributed by atoms with E-state index >= 15 is 0 Å². The predicted molar refractivity (Wildman–Crippen MR) is 39.9 cm³/mol. The van der Waals surface area contributed by atoms with Crippen LogP contribution < -0.4 is 0 Å². The van der Waals surface area contributed by atoms with Crippen LogP contribution >= 0.6 is 0 Å². The number of aliphatic hydroxyl groups is 1. The van der Waals surface area contributed by atoms with Gasteiger partial charge in [0.25, 0.3) is 0 Å². The maximum Gasteiger partial charge on any atom is 0.225 e. The van der Waals surface area contributed by atoms with E-state index in [-0.39, 0.29) is 12.0 Å². The van der Waals surface area contributed by atoms with E-state index in [0.717, 1.165) is 25.8 Å². The van der Waals surface area contributed by atoms with Gasteiger partial charge in [-0.25, -0.2) is 0 Å². The molecule has 1 N–H and O–H groups in total. The van der Waals surface area contributed by atoms with Gasteiger partial charge in [-0.3, -0.25) is 4.79 Å². The minimum Gasteiger partial charge on any atom is -0.391 e. The number of β-amino-alcohol motifs (C(OH)–C–C–N with tert-alkyl or cyclic N) is 1. The maximum absolute atomic E-state index is 11.4. The van der Waals surface area contributed by atoms with Gasteiger partial charge in [0.05, 0.1) is 6.10 Å². The number of likely N-dealkylation sites (tertiary alicyclic amines) is 1. The molecule has 1 atom stereocenters. The van der Waals surface area contributed by atoms with Crippen LogP contribution in [0, 0.1) is 5.92 Å². The first-order valence-electron chi connectivity index (χ1n) is 4.24. The van der Waals surface area contributed by atoms with Gasteiger partial charge in [0.15, 0.2) is 0 Å². The Morgan fingerprint density at radius 2 is 2.09 bits per heavy atom. The lowest BCUT2D eigenvalue weighted by Crippen LogP contribution is -2.30. The molecule has 0 spiro atoms. The Hall–Kier alpha value is -0.570. The molecule has 0 bridgehead atoms. The van der Waals surface area contributed by atoms with Gasteiger partial charge in [0.2, 0.25) is 5.91 Å². The molecule has 2 rings (SSSR count). The summed E-state index contributed by atoms with van der Waals surface area (Å²) in [5.74, 6) is 0.571. The zero-order valence-electron chi connectivity index (χ0n) is 6.49. The molecule has 0 aromatic heterocycles. The molecule has 0 aromatic carbocycles. The van der Waals surface area contributed by atoms with Gasteiger partial charge in [0, 0.05) is 19.0 Å². The Morgan fingerprint density at radius 3 is 2.55 bits per heavy atom. The largest absolute Gasteiger partial charge is 0.391 e. The van der Waals surface area contributed by atoms with Crippen LogP contribution in [0.15, 0.2) is 0 Å². The number of amides is 1. The average Bonchev–Trinajstić information content (AvgIpc) is 2.74. The molecule has 1 saturated carbocycles. The van der Waals surface area contributed by atoms with E-state index in [1.807, 2.05) is 0 Å². The third-order valence-corrected chi connectivity index (χ3v) is 2.40. The third kappa shape index (κ3) is 1.38. The van der Waals surface area contributed by atoms with Crippen molar-refractivity contribution in [2.24, 2.45) is 5.92 Å². The highest BCUT2D eigenvalue weighted by Crippen LogP contribution is 2.31. The van der Waals surface area contributed by atoms with Crippen molar-refractivity contribution < 1.29 is 9.90 Å². The SMILES string of the molecule is O=C(C1CC1)N1CCC(O)C1. The number of nitrogens with zero attached hydrogens (tertiary/aromatic N) is 1. The monoisotopic (exact) mass is 155 g/mol. The second kappa shape index (κ2) is 2.48. The molecule has 0 radical (unpaired) electrons. The van der Waals surface area contributed by atoms with Gasteiger partial charge >= 0.3 is 0 Å². The molecule has 1 aliphatic heterocycles. The van der Waals surface area contributed by atoms with Crippen LogP contribution in [0.2, 0.25) is 0 Å². The van der Waals surface area contributed by atoms with Crippen LogP contribution in [-0.4, -0.2) is 35.1 Å². The third-order valence-electron chi connectivity index (χ3n) is 2.40. The van der Waals surface area contributed by atoms with Crippen molar-refractivity contribution in [2.45, 2.75) is 25.4 Å². The summed E-state index contributed by atoms with van der Waals surface area (Å²) >= 11 is 0. The van der Waals surface area contributed by atoms with Crippen molar-refractivity contribution in [1.82, 2.24) is 4.90 Å². The fourth-order valence-electron chi connectivity index (χ4n) is 1.53. The minimum absolute atomic E-state index is 0.265. The summed E-state index contributed by atoms with van der Waals surface area (Å²) in [4.78, 5) is 13.2. The van der Waals surface area contributed by atoms with Crippen LogP contribution in [0.4, 0.5) is 0 Å². The van der Waals surface area contributed by atoms with Crippen molar-refractivity contribution in [3.05, 3.63) is 0 Å². The van der Waals surface area contributed by atoms with Gasteiger partial charge in [-0.05, 0) is 19.3 Å². The van der Waals surface area contributed by atoms with Crippen LogP contribution in [0.5, 0.6) is 0 Å². The Morgan fingerprint density at radius 1 is 1.36 bits per heavy atom. The molecule has 3 nitrogen and oxygen atoms in total. The highest BCUT2D eigenvalue weighted by Gasteiger charge is 2.35. The van der Waals surface area contributed by atoms with Crippen molar-refractivity contribution in [3.63, 3.8) is 0 Å². The zero-order valence-corrected chi connectivity index (χ0v) is 6.49.